The largest absolute Gasteiger partial charge is 0.492 e. The van der Waals surface area contributed by atoms with E-state index < -0.39 is 0 Å². The lowest BCUT2D eigenvalue weighted by Crippen LogP contribution is -2.16. The van der Waals surface area contributed by atoms with Crippen LogP contribution in [0.25, 0.3) is 0 Å². The fourth-order valence-electron chi connectivity index (χ4n) is 1.90. The number of ether oxygens (including phenoxy) is 2. The van der Waals surface area contributed by atoms with E-state index in [1.807, 2.05) is 25.1 Å². The van der Waals surface area contributed by atoms with Crippen LogP contribution in [0.15, 0.2) is 18.2 Å². The third-order valence-corrected chi connectivity index (χ3v) is 2.92. The Morgan fingerprint density at radius 2 is 2.41 bits per heavy atom. The molecule has 92 valence electrons. The van der Waals surface area contributed by atoms with E-state index in [4.69, 9.17) is 20.6 Å². The lowest BCUT2D eigenvalue weighted by atomic mass is 10.1. The summed E-state index contributed by atoms with van der Waals surface area (Å²) in [5.41, 5.74) is 7.29. The molecule has 3 N–H and O–H groups in total. The molecule has 1 fully saturated rings. The number of hydrogen-bond donors (Lipinski definition) is 2. The zero-order valence-electron chi connectivity index (χ0n) is 10.0. The highest BCUT2D eigenvalue weighted by Crippen LogP contribution is 2.21. The highest BCUT2D eigenvalue weighted by Gasteiger charge is 2.17. The molecule has 4 nitrogen and oxygen atoms in total. The molecule has 1 atom stereocenters. The minimum Gasteiger partial charge on any atom is -0.492 e. The Hall–Kier alpha value is -1.55. The Morgan fingerprint density at radius 3 is 3.06 bits per heavy atom. The number of nitrogen functional groups attached to an aromatic ring is 1. The molecular weight excluding hydrogens is 216 g/mol. The molecule has 1 unspecified atom stereocenters. The molecule has 0 amide bonds. The van der Waals surface area contributed by atoms with Crippen LogP contribution in [0, 0.1) is 18.3 Å². The second-order valence-electron chi connectivity index (χ2n) is 4.45. The van der Waals surface area contributed by atoms with Crippen LogP contribution in [0.3, 0.4) is 0 Å². The minimum atomic E-state index is 0.0476. The van der Waals surface area contributed by atoms with E-state index in [-0.39, 0.29) is 5.84 Å². The van der Waals surface area contributed by atoms with Gasteiger partial charge in [0, 0.05) is 12.5 Å². The summed E-state index contributed by atoms with van der Waals surface area (Å²) in [6.45, 7) is 4.19. The van der Waals surface area contributed by atoms with Gasteiger partial charge in [-0.25, -0.2) is 0 Å². The smallest absolute Gasteiger partial charge is 0.130 e. The second-order valence-corrected chi connectivity index (χ2v) is 4.45. The summed E-state index contributed by atoms with van der Waals surface area (Å²) in [6.07, 6.45) is 1.04. The molecule has 0 aliphatic carbocycles. The first-order chi connectivity index (χ1) is 8.16. The molecular formula is C13H18N2O2. The maximum Gasteiger partial charge on any atom is 0.130 e. The average Bonchev–Trinajstić information content (AvgIpc) is 2.80. The minimum absolute atomic E-state index is 0.0476. The molecule has 1 aliphatic rings. The monoisotopic (exact) mass is 234 g/mol. The average molecular weight is 234 g/mol. The summed E-state index contributed by atoms with van der Waals surface area (Å²) in [7, 11) is 0. The van der Waals surface area contributed by atoms with Gasteiger partial charge in [-0.3, -0.25) is 5.41 Å². The van der Waals surface area contributed by atoms with Crippen LogP contribution in [0.4, 0.5) is 0 Å². The summed E-state index contributed by atoms with van der Waals surface area (Å²) in [4.78, 5) is 0. The third kappa shape index (κ3) is 2.97. The molecule has 1 heterocycles. The van der Waals surface area contributed by atoms with Crippen molar-refractivity contribution in [2.45, 2.75) is 13.3 Å². The van der Waals surface area contributed by atoms with E-state index >= 15 is 0 Å². The maximum absolute atomic E-state index is 7.53. The van der Waals surface area contributed by atoms with Crippen molar-refractivity contribution in [1.29, 1.82) is 5.41 Å². The summed E-state index contributed by atoms with van der Waals surface area (Å²) in [5, 5.41) is 7.53. The van der Waals surface area contributed by atoms with Gasteiger partial charge in [0.2, 0.25) is 0 Å². The Bertz CT molecular complexity index is 412. The molecule has 0 bridgehead atoms. The fourth-order valence-corrected chi connectivity index (χ4v) is 1.90. The first-order valence-electron chi connectivity index (χ1n) is 5.82. The summed E-state index contributed by atoms with van der Waals surface area (Å²) in [5.74, 6) is 1.19. The number of nitrogens with one attached hydrogen (secondary N) is 1. The zero-order chi connectivity index (χ0) is 12.3. The third-order valence-electron chi connectivity index (χ3n) is 2.92. The number of hydrogen-bond acceptors (Lipinski definition) is 3. The highest BCUT2D eigenvalue weighted by atomic mass is 16.5. The standard InChI is InChI=1S/C13H18N2O2/c1-9-2-3-12(11(6-9)13(14)15)17-8-10-4-5-16-7-10/h2-3,6,10H,4-5,7-8H2,1H3,(H3,14,15). The molecule has 4 heteroatoms. The molecule has 0 aromatic heterocycles. The van der Waals surface area contributed by atoms with E-state index in [1.54, 1.807) is 0 Å². The number of rotatable bonds is 4. The Morgan fingerprint density at radius 1 is 1.59 bits per heavy atom. The highest BCUT2D eigenvalue weighted by molar-refractivity contribution is 5.97. The first-order valence-corrected chi connectivity index (χ1v) is 5.82. The molecule has 1 aliphatic heterocycles. The van der Waals surface area contributed by atoms with Gasteiger partial charge in [-0.2, -0.15) is 0 Å². The van der Waals surface area contributed by atoms with Crippen LogP contribution in [0.1, 0.15) is 17.5 Å². The predicted octanol–water partition coefficient (Wildman–Crippen LogP) is 1.69. The number of nitrogens with two attached hydrogens (primary N) is 1. The molecule has 0 saturated carbocycles. The van der Waals surface area contributed by atoms with E-state index in [0.717, 1.165) is 25.2 Å². The van der Waals surface area contributed by atoms with Gasteiger partial charge >= 0.3 is 0 Å². The first kappa shape index (κ1) is 11.9. The van der Waals surface area contributed by atoms with Crippen LogP contribution < -0.4 is 10.5 Å². The molecule has 1 aromatic rings. The van der Waals surface area contributed by atoms with Gasteiger partial charge in [0.1, 0.15) is 11.6 Å². The van der Waals surface area contributed by atoms with E-state index in [0.29, 0.717) is 23.8 Å². The Kier molecular flexibility index (Phi) is 3.64. The molecule has 17 heavy (non-hydrogen) atoms. The van der Waals surface area contributed by atoms with Crippen molar-refractivity contribution >= 4 is 5.84 Å². The molecule has 1 saturated heterocycles. The summed E-state index contributed by atoms with van der Waals surface area (Å²) < 4.78 is 11.0. The predicted molar refractivity (Wildman–Crippen MR) is 66.6 cm³/mol. The normalized spacial score (nSPS) is 19.2. The topological polar surface area (TPSA) is 68.3 Å². The van der Waals surface area contributed by atoms with Gasteiger partial charge < -0.3 is 15.2 Å². The number of aryl methyl sites for hydroxylation is 1. The van der Waals surface area contributed by atoms with Crippen LogP contribution in [0.2, 0.25) is 0 Å². The van der Waals surface area contributed by atoms with E-state index in [9.17, 15) is 0 Å². The molecule has 2 rings (SSSR count). The van der Waals surface area contributed by atoms with Crippen molar-refractivity contribution in [2.24, 2.45) is 11.7 Å². The Labute approximate surface area is 101 Å². The van der Waals surface area contributed by atoms with Crippen molar-refractivity contribution in [2.75, 3.05) is 19.8 Å². The maximum atomic E-state index is 7.53. The number of benzene rings is 1. The fraction of sp³-hybridized carbons (Fsp3) is 0.462. The molecule has 1 aromatic carbocycles. The van der Waals surface area contributed by atoms with Gasteiger partial charge in [-0.1, -0.05) is 11.6 Å². The van der Waals surface area contributed by atoms with E-state index in [1.165, 1.54) is 0 Å². The summed E-state index contributed by atoms with van der Waals surface area (Å²) in [6, 6.07) is 5.72. The lowest BCUT2D eigenvalue weighted by Gasteiger charge is -2.13. The Balaban J connectivity index is 2.06. The van der Waals surface area contributed by atoms with Crippen molar-refractivity contribution in [3.05, 3.63) is 29.3 Å². The molecule has 0 radical (unpaired) electrons. The van der Waals surface area contributed by atoms with Gasteiger partial charge in [0.25, 0.3) is 0 Å². The van der Waals surface area contributed by atoms with Crippen LogP contribution in [-0.2, 0) is 4.74 Å². The summed E-state index contributed by atoms with van der Waals surface area (Å²) >= 11 is 0. The molecule has 0 spiro atoms. The van der Waals surface area contributed by atoms with Crippen molar-refractivity contribution < 1.29 is 9.47 Å². The van der Waals surface area contributed by atoms with Crippen LogP contribution >= 0.6 is 0 Å². The quantitative estimate of drug-likeness (QED) is 0.615. The van der Waals surface area contributed by atoms with Crippen molar-refractivity contribution in [3.63, 3.8) is 0 Å². The lowest BCUT2D eigenvalue weighted by molar-refractivity contribution is 0.167. The number of amidine groups is 1. The van der Waals surface area contributed by atoms with Gasteiger partial charge in [0.15, 0.2) is 0 Å². The van der Waals surface area contributed by atoms with Crippen LogP contribution in [0.5, 0.6) is 5.75 Å². The van der Waals surface area contributed by atoms with Gasteiger partial charge in [-0.05, 0) is 25.5 Å². The van der Waals surface area contributed by atoms with Gasteiger partial charge in [-0.15, -0.1) is 0 Å². The second kappa shape index (κ2) is 5.19. The SMILES string of the molecule is Cc1ccc(OCC2CCOC2)c(C(=N)N)c1. The zero-order valence-corrected chi connectivity index (χ0v) is 10.0. The van der Waals surface area contributed by atoms with Crippen LogP contribution in [-0.4, -0.2) is 25.7 Å². The van der Waals surface area contributed by atoms with Crippen molar-refractivity contribution in [3.8, 4) is 5.75 Å². The van der Waals surface area contributed by atoms with Crippen molar-refractivity contribution in [1.82, 2.24) is 0 Å². The van der Waals surface area contributed by atoms with E-state index in [2.05, 4.69) is 0 Å². The van der Waals surface area contributed by atoms with Gasteiger partial charge in [0.05, 0.1) is 18.8 Å².